The molecule has 0 bridgehead atoms. The Morgan fingerprint density at radius 1 is 1.20 bits per heavy atom. The topological polar surface area (TPSA) is 35.5 Å². The van der Waals surface area contributed by atoms with Crippen LogP contribution in [0.4, 0.5) is 0 Å². The summed E-state index contributed by atoms with van der Waals surface area (Å²) in [6.07, 6.45) is 1.95. The average molecular weight is 347 g/mol. The Morgan fingerprint density at radius 2 is 1.92 bits per heavy atom. The van der Waals surface area contributed by atoms with Crippen LogP contribution in [0.1, 0.15) is 50.8 Å². The Bertz CT molecular complexity index is 809. The Morgan fingerprint density at radius 3 is 2.56 bits per heavy atom. The summed E-state index contributed by atoms with van der Waals surface area (Å²) in [7, 11) is 0. The van der Waals surface area contributed by atoms with Crippen LogP contribution in [-0.4, -0.2) is 35.5 Å². The third-order valence-electron chi connectivity index (χ3n) is 4.38. The molecule has 4 heteroatoms. The minimum Gasteiger partial charge on any atom is -0.482 e. The van der Waals surface area contributed by atoms with E-state index in [1.807, 2.05) is 6.07 Å². The van der Waals surface area contributed by atoms with Crippen molar-refractivity contribution in [1.82, 2.24) is 0 Å². The number of carbonyl (C=O) groups excluding carboxylic acids is 1. The average Bonchev–Trinajstić information content (AvgIpc) is 2.45. The van der Waals surface area contributed by atoms with Gasteiger partial charge < -0.3 is 9.47 Å². The van der Waals surface area contributed by atoms with Gasteiger partial charge in [0, 0.05) is 42.0 Å². The van der Waals surface area contributed by atoms with E-state index in [1.165, 1.54) is 12.5 Å². The molecule has 2 aromatic carbocycles. The van der Waals surface area contributed by atoms with Crippen molar-refractivity contribution in [3.8, 4) is 22.6 Å². The Labute approximate surface area is 172 Å². The molecule has 0 fully saturated rings. The molecular weight excluding hydrogens is 323 g/mol. The van der Waals surface area contributed by atoms with Gasteiger partial charge >= 0.3 is 5.97 Å². The normalized spacial score (nSPS) is 13.8. The van der Waals surface area contributed by atoms with Crippen LogP contribution in [0.5, 0.6) is 11.5 Å². The van der Waals surface area contributed by atoms with Gasteiger partial charge in [0.25, 0.3) is 0 Å². The van der Waals surface area contributed by atoms with Gasteiger partial charge in [0.2, 0.25) is 0 Å². The van der Waals surface area contributed by atoms with E-state index in [0.29, 0.717) is 5.75 Å². The molecule has 0 N–H and O–H groups in total. The van der Waals surface area contributed by atoms with Gasteiger partial charge in [0.05, 0.1) is 5.56 Å². The molecule has 0 saturated heterocycles. The van der Waals surface area contributed by atoms with Crippen LogP contribution >= 0.6 is 0 Å². The Balaban J connectivity index is 0.00000225. The number of esters is 1. The summed E-state index contributed by atoms with van der Waals surface area (Å²) in [4.78, 5) is 11.6. The van der Waals surface area contributed by atoms with E-state index < -0.39 is 5.60 Å². The molecule has 3 rings (SSSR count). The third kappa shape index (κ3) is 3.94. The molecule has 0 aliphatic carbocycles. The van der Waals surface area contributed by atoms with Crippen molar-refractivity contribution >= 4 is 35.5 Å². The molecule has 0 unspecified atom stereocenters. The molecule has 25 heavy (non-hydrogen) atoms. The zero-order valence-electron chi connectivity index (χ0n) is 16.0. The van der Waals surface area contributed by atoms with E-state index >= 15 is 0 Å². The molecule has 1 radical (unpaired) electrons. The van der Waals surface area contributed by atoms with E-state index in [9.17, 15) is 4.79 Å². The van der Waals surface area contributed by atoms with Gasteiger partial charge in [0.15, 0.2) is 0 Å². The van der Waals surface area contributed by atoms with Gasteiger partial charge in [-0.2, -0.15) is 0 Å². The van der Waals surface area contributed by atoms with Gasteiger partial charge in [-0.3, -0.25) is 4.79 Å². The fourth-order valence-electron chi connectivity index (χ4n) is 3.38. The first-order chi connectivity index (χ1) is 11.3. The molecule has 1 heterocycles. The van der Waals surface area contributed by atoms with Crippen LogP contribution in [0.3, 0.4) is 0 Å². The SMILES string of the molecule is CCCc1cc(OC(C)=O)c2c(c1)OC(C)(C)c1ccc(C)cc1-2.[Na]. The minimum atomic E-state index is -0.422. The number of benzene rings is 2. The monoisotopic (exact) mass is 347 g/mol. The van der Waals surface area contributed by atoms with Crippen LogP contribution < -0.4 is 9.47 Å². The van der Waals surface area contributed by atoms with Crippen molar-refractivity contribution in [2.75, 3.05) is 0 Å². The number of hydrogen-bond donors (Lipinski definition) is 0. The predicted octanol–water partition coefficient (Wildman–Crippen LogP) is 4.79. The summed E-state index contributed by atoms with van der Waals surface area (Å²) < 4.78 is 11.8. The van der Waals surface area contributed by atoms with Crippen LogP contribution in [0.2, 0.25) is 0 Å². The molecule has 0 amide bonds. The summed E-state index contributed by atoms with van der Waals surface area (Å²) in [5.74, 6) is 1.07. The second kappa shape index (κ2) is 7.53. The zero-order chi connectivity index (χ0) is 17.5. The first kappa shape index (κ1) is 20.0. The Kier molecular flexibility index (Phi) is 6.03. The molecular formula is C21H24NaO3. The van der Waals surface area contributed by atoms with E-state index in [0.717, 1.165) is 40.8 Å². The summed E-state index contributed by atoms with van der Waals surface area (Å²) in [5.41, 5.74) is 4.94. The molecule has 2 aromatic rings. The summed E-state index contributed by atoms with van der Waals surface area (Å²) >= 11 is 0. The fourth-order valence-corrected chi connectivity index (χ4v) is 3.38. The predicted molar refractivity (Wildman–Crippen MR) is 101 cm³/mol. The number of rotatable bonds is 3. The molecule has 0 spiro atoms. The van der Waals surface area contributed by atoms with Gasteiger partial charge in [0.1, 0.15) is 17.1 Å². The zero-order valence-corrected chi connectivity index (χ0v) is 18.0. The van der Waals surface area contributed by atoms with Gasteiger partial charge in [-0.1, -0.05) is 37.1 Å². The van der Waals surface area contributed by atoms with Crippen molar-refractivity contribution in [2.24, 2.45) is 0 Å². The van der Waals surface area contributed by atoms with Gasteiger partial charge in [-0.25, -0.2) is 0 Å². The standard InChI is InChI=1S/C21H24O3.Na/c1-6-7-15-11-18(23-14(3)22)20-16-10-13(2)8-9-17(16)21(4,5)24-19(20)12-15;/h8-12H,6-7H2,1-5H3;. The number of hydrogen-bond acceptors (Lipinski definition) is 3. The van der Waals surface area contributed by atoms with E-state index in [1.54, 1.807) is 0 Å². The van der Waals surface area contributed by atoms with E-state index in [-0.39, 0.29) is 35.5 Å². The first-order valence-corrected chi connectivity index (χ1v) is 8.47. The molecule has 127 valence electrons. The van der Waals surface area contributed by atoms with Crippen molar-refractivity contribution in [2.45, 2.75) is 53.1 Å². The van der Waals surface area contributed by atoms with E-state index in [4.69, 9.17) is 9.47 Å². The molecule has 3 nitrogen and oxygen atoms in total. The van der Waals surface area contributed by atoms with Gasteiger partial charge in [-0.15, -0.1) is 0 Å². The van der Waals surface area contributed by atoms with E-state index in [2.05, 4.69) is 52.0 Å². The fraction of sp³-hybridized carbons (Fsp3) is 0.381. The van der Waals surface area contributed by atoms with Crippen molar-refractivity contribution in [3.63, 3.8) is 0 Å². The second-order valence-electron chi connectivity index (χ2n) is 6.97. The smallest absolute Gasteiger partial charge is 0.308 e. The number of ether oxygens (including phenoxy) is 2. The maximum Gasteiger partial charge on any atom is 0.308 e. The minimum absolute atomic E-state index is 0. The number of aryl methyl sites for hydroxylation is 2. The molecule has 1 aliphatic rings. The maximum atomic E-state index is 11.6. The quantitative estimate of drug-likeness (QED) is 0.455. The molecule has 1 aliphatic heterocycles. The van der Waals surface area contributed by atoms with Gasteiger partial charge in [-0.05, 0) is 50.5 Å². The van der Waals surface area contributed by atoms with Crippen LogP contribution in [0, 0.1) is 6.92 Å². The van der Waals surface area contributed by atoms with Crippen LogP contribution in [0.25, 0.3) is 11.1 Å². The van der Waals surface area contributed by atoms with Crippen molar-refractivity contribution in [3.05, 3.63) is 47.0 Å². The first-order valence-electron chi connectivity index (χ1n) is 8.47. The van der Waals surface area contributed by atoms with Crippen molar-refractivity contribution < 1.29 is 14.3 Å². The number of carbonyl (C=O) groups is 1. The Hall–Kier alpha value is -1.29. The number of fused-ring (bicyclic) bond motifs is 3. The second-order valence-corrected chi connectivity index (χ2v) is 6.97. The summed E-state index contributed by atoms with van der Waals surface area (Å²) in [6.45, 7) is 9.78. The van der Waals surface area contributed by atoms with Crippen molar-refractivity contribution in [1.29, 1.82) is 0 Å². The summed E-state index contributed by atoms with van der Waals surface area (Å²) in [5, 5.41) is 0. The summed E-state index contributed by atoms with van der Waals surface area (Å²) in [6, 6.07) is 10.4. The largest absolute Gasteiger partial charge is 0.482 e. The van der Waals surface area contributed by atoms with Crippen LogP contribution in [0.15, 0.2) is 30.3 Å². The molecule has 0 saturated carbocycles. The third-order valence-corrected chi connectivity index (χ3v) is 4.38. The molecule has 0 aromatic heterocycles. The van der Waals surface area contributed by atoms with Crippen LogP contribution in [-0.2, 0) is 16.8 Å². The molecule has 0 atom stereocenters. The maximum absolute atomic E-state index is 11.6.